The number of ether oxygens (including phenoxy) is 1. The van der Waals surface area contributed by atoms with E-state index in [1.807, 2.05) is 19.1 Å². The molecule has 1 amide bonds. The molecule has 5 rings (SSSR count). The third-order valence-electron chi connectivity index (χ3n) is 7.45. The molecule has 1 aromatic heterocycles. The van der Waals surface area contributed by atoms with Gasteiger partial charge in [0.05, 0.1) is 13.1 Å². The molecular weight excluding hydrogens is 561 g/mol. The number of aliphatic carboxylic acids is 1. The first-order valence-corrected chi connectivity index (χ1v) is 13.6. The van der Waals surface area contributed by atoms with Gasteiger partial charge in [-0.1, -0.05) is 49.4 Å². The average molecular weight is 591 g/mol. The number of aromatic nitrogens is 2. The number of hydrogen-bond donors (Lipinski definition) is 2. The lowest BCUT2D eigenvalue weighted by Gasteiger charge is -2.39. The number of halogens is 3. The second-order valence-electron chi connectivity index (χ2n) is 10.3. The summed E-state index contributed by atoms with van der Waals surface area (Å²) in [6, 6.07) is 16.3. The first-order chi connectivity index (χ1) is 20.5. The van der Waals surface area contributed by atoms with Crippen molar-refractivity contribution in [3.63, 3.8) is 0 Å². The number of carbonyl (C=O) groups is 2. The lowest BCUT2D eigenvalue weighted by molar-refractivity contribution is -0.149. The van der Waals surface area contributed by atoms with Crippen LogP contribution in [0.3, 0.4) is 0 Å². The molecule has 0 spiro atoms. The Morgan fingerprint density at radius 2 is 1.70 bits per heavy atom. The quantitative estimate of drug-likeness (QED) is 0.298. The van der Waals surface area contributed by atoms with Gasteiger partial charge in [-0.25, -0.2) is 27.9 Å². The number of nitrogens with zero attached hydrogens (tertiary/aromatic N) is 3. The van der Waals surface area contributed by atoms with Gasteiger partial charge >= 0.3 is 12.0 Å². The molecule has 1 aliphatic heterocycles. The van der Waals surface area contributed by atoms with E-state index in [0.29, 0.717) is 41.1 Å². The Morgan fingerprint density at radius 3 is 2.35 bits per heavy atom. The molecule has 2 N–H and O–H groups in total. The molecule has 1 aliphatic rings. The number of fused-ring (bicyclic) bond motifs is 1. The fourth-order valence-electron chi connectivity index (χ4n) is 5.49. The van der Waals surface area contributed by atoms with Crippen LogP contribution in [0.15, 0.2) is 66.7 Å². The fourth-order valence-corrected chi connectivity index (χ4v) is 5.49. The Balaban J connectivity index is 1.76. The van der Waals surface area contributed by atoms with Crippen LogP contribution in [0.2, 0.25) is 0 Å². The van der Waals surface area contributed by atoms with Crippen molar-refractivity contribution < 1.29 is 32.6 Å². The van der Waals surface area contributed by atoms with Gasteiger partial charge in [0.25, 0.3) is 0 Å². The van der Waals surface area contributed by atoms with Crippen LogP contribution in [-0.2, 0) is 28.1 Å². The normalized spacial score (nSPS) is 17.3. The molecule has 0 aliphatic carbocycles. The van der Waals surface area contributed by atoms with E-state index in [1.54, 1.807) is 56.3 Å². The number of aryl methyl sites for hydroxylation is 3. The number of benzene rings is 3. The summed E-state index contributed by atoms with van der Waals surface area (Å²) in [4.78, 5) is 36.6. The van der Waals surface area contributed by atoms with Gasteiger partial charge < -0.3 is 14.7 Å². The molecule has 222 valence electrons. The van der Waals surface area contributed by atoms with Gasteiger partial charge in [-0.2, -0.15) is 0 Å². The second-order valence-corrected chi connectivity index (χ2v) is 10.3. The van der Waals surface area contributed by atoms with Crippen molar-refractivity contribution in [1.29, 1.82) is 0 Å². The minimum atomic E-state index is -1.71. The summed E-state index contributed by atoms with van der Waals surface area (Å²) in [7, 11) is 0. The Hall–Kier alpha value is -4.77. The summed E-state index contributed by atoms with van der Waals surface area (Å²) in [5.41, 5.74) is 0.766. The first kappa shape index (κ1) is 29.7. The van der Waals surface area contributed by atoms with Crippen molar-refractivity contribution in [2.75, 3.05) is 11.4 Å². The Labute approximate surface area is 246 Å². The highest BCUT2D eigenvalue weighted by molar-refractivity contribution is 5.97. The maximum atomic E-state index is 14.8. The molecule has 11 heteroatoms. The summed E-state index contributed by atoms with van der Waals surface area (Å²) in [6.07, 6.45) is -1.08. The number of amides is 1. The van der Waals surface area contributed by atoms with Gasteiger partial charge in [0.1, 0.15) is 23.0 Å². The van der Waals surface area contributed by atoms with Crippen molar-refractivity contribution in [2.45, 2.75) is 45.4 Å². The summed E-state index contributed by atoms with van der Waals surface area (Å²) < 4.78 is 49.3. The van der Waals surface area contributed by atoms with Crippen molar-refractivity contribution in [3.05, 3.63) is 118 Å². The molecule has 3 aromatic carbocycles. The number of carboxylic acids is 1. The van der Waals surface area contributed by atoms with Crippen LogP contribution in [0.1, 0.15) is 40.6 Å². The molecule has 0 saturated heterocycles. The maximum Gasteiger partial charge on any atom is 0.347 e. The van der Waals surface area contributed by atoms with Gasteiger partial charge in [0, 0.05) is 40.3 Å². The predicted octanol–water partition coefficient (Wildman–Crippen LogP) is 4.99. The van der Waals surface area contributed by atoms with E-state index in [1.165, 1.54) is 0 Å². The van der Waals surface area contributed by atoms with Crippen LogP contribution in [0.25, 0.3) is 0 Å². The summed E-state index contributed by atoms with van der Waals surface area (Å²) in [5.74, 6) is -5.37. The van der Waals surface area contributed by atoms with Gasteiger partial charge in [0.2, 0.25) is 12.0 Å². The molecule has 0 bridgehead atoms. The van der Waals surface area contributed by atoms with E-state index in [9.17, 15) is 27.9 Å². The van der Waals surface area contributed by atoms with Crippen molar-refractivity contribution in [1.82, 2.24) is 15.3 Å². The highest BCUT2D eigenvalue weighted by Gasteiger charge is 2.52. The van der Waals surface area contributed by atoms with Gasteiger partial charge in [0.15, 0.2) is 0 Å². The van der Waals surface area contributed by atoms with Crippen molar-refractivity contribution >= 4 is 17.6 Å². The maximum absolute atomic E-state index is 14.8. The Kier molecular flexibility index (Phi) is 8.19. The SMILES string of the molecule is CCc1cccc([C@]2([C@H](Oc3nc(C)cc(C)n3)C(=O)O)NCC(=O)N(Cc3c(F)cc(F)cc3F)c3ccccc32)c1. The number of nitrogens with one attached hydrogen (secondary N) is 1. The zero-order chi connectivity index (χ0) is 30.9. The highest BCUT2D eigenvalue weighted by Crippen LogP contribution is 2.43. The largest absolute Gasteiger partial charge is 0.478 e. The number of anilines is 1. The summed E-state index contributed by atoms with van der Waals surface area (Å²) in [5, 5.41) is 13.9. The standard InChI is InChI=1S/C32H29F3N4O4/c1-4-20-8-7-9-21(13-20)32(29(30(41)42)43-31-37-18(2)12-19(3)38-31)24-10-5-6-11-27(24)39(28(40)16-36-32)17-23-25(34)14-22(33)15-26(23)35/h5-15,29,36H,4,16-17H2,1-3H3,(H,41,42)/t29-,32+/m1/s1. The van der Waals surface area contributed by atoms with Gasteiger partial charge in [-0.3, -0.25) is 10.1 Å². The molecule has 4 aromatic rings. The number of para-hydroxylation sites is 1. The summed E-state index contributed by atoms with van der Waals surface area (Å²) in [6.45, 7) is 4.39. The van der Waals surface area contributed by atoms with Crippen LogP contribution in [0, 0.1) is 31.3 Å². The number of carbonyl (C=O) groups excluding carboxylic acids is 1. The van der Waals surface area contributed by atoms with E-state index in [4.69, 9.17) is 4.74 Å². The minimum absolute atomic E-state index is 0.168. The molecule has 0 saturated carbocycles. The summed E-state index contributed by atoms with van der Waals surface area (Å²) >= 11 is 0. The van der Waals surface area contributed by atoms with Crippen LogP contribution in [-0.4, -0.2) is 39.6 Å². The molecule has 43 heavy (non-hydrogen) atoms. The highest BCUT2D eigenvalue weighted by atomic mass is 19.1. The number of carboxylic acid groups (broad SMARTS) is 1. The first-order valence-electron chi connectivity index (χ1n) is 13.6. The fraction of sp³-hybridized carbons (Fsp3) is 0.250. The zero-order valence-electron chi connectivity index (χ0n) is 23.7. The molecule has 0 unspecified atom stereocenters. The molecule has 8 nitrogen and oxygen atoms in total. The van der Waals surface area contributed by atoms with Crippen LogP contribution < -0.4 is 15.0 Å². The third kappa shape index (κ3) is 5.68. The molecule has 2 atom stereocenters. The van der Waals surface area contributed by atoms with E-state index in [0.717, 1.165) is 10.5 Å². The van der Waals surface area contributed by atoms with Gasteiger partial charge in [-0.05, 0) is 43.5 Å². The second kappa shape index (κ2) is 11.8. The zero-order valence-corrected chi connectivity index (χ0v) is 23.7. The number of hydrogen-bond acceptors (Lipinski definition) is 6. The number of rotatable bonds is 8. The van der Waals surface area contributed by atoms with E-state index in [2.05, 4.69) is 15.3 Å². The van der Waals surface area contributed by atoms with Crippen LogP contribution in [0.4, 0.5) is 18.9 Å². The van der Waals surface area contributed by atoms with Gasteiger partial charge in [-0.15, -0.1) is 0 Å². The van der Waals surface area contributed by atoms with E-state index < -0.39 is 59.6 Å². The Bertz CT molecular complexity index is 1670. The molecule has 0 fully saturated rings. The molecular formula is C32H29F3N4O4. The predicted molar refractivity (Wildman–Crippen MR) is 152 cm³/mol. The molecule has 0 radical (unpaired) electrons. The lowest BCUT2D eigenvalue weighted by Crippen LogP contribution is -2.58. The van der Waals surface area contributed by atoms with E-state index >= 15 is 0 Å². The molecule has 2 heterocycles. The third-order valence-corrected chi connectivity index (χ3v) is 7.45. The van der Waals surface area contributed by atoms with Crippen LogP contribution in [0.5, 0.6) is 6.01 Å². The monoisotopic (exact) mass is 590 g/mol. The minimum Gasteiger partial charge on any atom is -0.478 e. The smallest absolute Gasteiger partial charge is 0.347 e. The average Bonchev–Trinajstić information content (AvgIpc) is 3.07. The van der Waals surface area contributed by atoms with E-state index in [-0.39, 0.29) is 11.7 Å². The van der Waals surface area contributed by atoms with Crippen molar-refractivity contribution in [2.24, 2.45) is 0 Å². The topological polar surface area (TPSA) is 105 Å². The van der Waals surface area contributed by atoms with Crippen molar-refractivity contribution in [3.8, 4) is 6.01 Å². The van der Waals surface area contributed by atoms with Crippen LogP contribution >= 0.6 is 0 Å². The Morgan fingerprint density at radius 1 is 1.02 bits per heavy atom. The lowest BCUT2D eigenvalue weighted by atomic mass is 9.76.